The number of aliphatic hydroxyl groups is 1. The minimum absolute atomic E-state index is 0.0404. The van der Waals surface area contributed by atoms with Gasteiger partial charge in [0.15, 0.2) is 0 Å². The van der Waals surface area contributed by atoms with Crippen molar-refractivity contribution in [3.8, 4) is 0 Å². The molecule has 0 heterocycles. The average Bonchev–Trinajstić information content (AvgIpc) is 2.55. The fourth-order valence-corrected chi connectivity index (χ4v) is 2.17. The zero-order chi connectivity index (χ0) is 15.9. The van der Waals surface area contributed by atoms with Gasteiger partial charge in [0.1, 0.15) is 0 Å². The van der Waals surface area contributed by atoms with E-state index in [0.717, 1.165) is 5.56 Å². The highest BCUT2D eigenvalue weighted by atomic mass is 16.6. The van der Waals surface area contributed by atoms with E-state index in [0.29, 0.717) is 18.7 Å². The standard InChI is InChI=1S/C16H19N3O3/c17-15(16(20)12-5-2-1-3-6-12)9-10-18-13-7-4-8-14(11-13)19(21)22/h1-8,11,15-16,18,20H,9-10,17H2. The molecule has 0 aliphatic carbocycles. The molecule has 2 aromatic carbocycles. The summed E-state index contributed by atoms with van der Waals surface area (Å²) < 4.78 is 0. The Morgan fingerprint density at radius 1 is 1.18 bits per heavy atom. The Hall–Kier alpha value is -2.44. The summed E-state index contributed by atoms with van der Waals surface area (Å²) in [6, 6.07) is 15.1. The van der Waals surface area contributed by atoms with E-state index < -0.39 is 17.1 Å². The van der Waals surface area contributed by atoms with E-state index >= 15 is 0 Å². The van der Waals surface area contributed by atoms with E-state index in [9.17, 15) is 15.2 Å². The lowest BCUT2D eigenvalue weighted by Gasteiger charge is -2.19. The summed E-state index contributed by atoms with van der Waals surface area (Å²) >= 11 is 0. The van der Waals surface area contributed by atoms with Crippen LogP contribution in [0.15, 0.2) is 54.6 Å². The van der Waals surface area contributed by atoms with Crippen molar-refractivity contribution in [1.82, 2.24) is 0 Å². The van der Waals surface area contributed by atoms with Crippen LogP contribution in [0.25, 0.3) is 0 Å². The summed E-state index contributed by atoms with van der Waals surface area (Å²) in [6.45, 7) is 0.520. The van der Waals surface area contributed by atoms with Gasteiger partial charge in [0.2, 0.25) is 0 Å². The molecule has 6 heteroatoms. The van der Waals surface area contributed by atoms with Gasteiger partial charge in [-0.15, -0.1) is 0 Å². The lowest BCUT2D eigenvalue weighted by molar-refractivity contribution is -0.384. The summed E-state index contributed by atoms with van der Waals surface area (Å²) in [5, 5.41) is 23.9. The van der Waals surface area contributed by atoms with Crippen LogP contribution < -0.4 is 11.1 Å². The Balaban J connectivity index is 1.85. The molecule has 0 spiro atoms. The molecule has 0 aliphatic heterocycles. The zero-order valence-electron chi connectivity index (χ0n) is 12.1. The Morgan fingerprint density at radius 3 is 2.59 bits per heavy atom. The molecule has 0 amide bonds. The van der Waals surface area contributed by atoms with Crippen molar-refractivity contribution in [2.75, 3.05) is 11.9 Å². The van der Waals surface area contributed by atoms with Gasteiger partial charge < -0.3 is 16.2 Å². The van der Waals surface area contributed by atoms with Crippen molar-refractivity contribution in [1.29, 1.82) is 0 Å². The van der Waals surface area contributed by atoms with Crippen LogP contribution in [0.4, 0.5) is 11.4 Å². The molecule has 4 N–H and O–H groups in total. The van der Waals surface area contributed by atoms with Gasteiger partial charge in [-0.05, 0) is 18.1 Å². The van der Waals surface area contributed by atoms with Gasteiger partial charge in [-0.1, -0.05) is 36.4 Å². The minimum atomic E-state index is -0.729. The Bertz CT molecular complexity index is 619. The zero-order valence-corrected chi connectivity index (χ0v) is 12.1. The first-order chi connectivity index (χ1) is 10.6. The van der Waals surface area contributed by atoms with Gasteiger partial charge in [0, 0.05) is 30.4 Å². The quantitative estimate of drug-likeness (QED) is 0.538. The maximum absolute atomic E-state index is 10.7. The number of nitro benzene ring substituents is 1. The predicted molar refractivity (Wildman–Crippen MR) is 85.6 cm³/mol. The second-order valence-electron chi connectivity index (χ2n) is 5.04. The van der Waals surface area contributed by atoms with Gasteiger partial charge in [0.25, 0.3) is 5.69 Å². The van der Waals surface area contributed by atoms with Gasteiger partial charge in [-0.25, -0.2) is 0 Å². The van der Waals surface area contributed by atoms with Gasteiger partial charge in [-0.2, -0.15) is 0 Å². The molecule has 0 radical (unpaired) electrons. The Labute approximate surface area is 128 Å². The number of benzene rings is 2. The summed E-state index contributed by atoms with van der Waals surface area (Å²) in [5.41, 5.74) is 7.48. The first kappa shape index (κ1) is 15.9. The molecule has 2 rings (SSSR count). The number of nitrogens with two attached hydrogens (primary N) is 1. The molecule has 0 saturated carbocycles. The largest absolute Gasteiger partial charge is 0.387 e. The SMILES string of the molecule is NC(CCNc1cccc([N+](=O)[O-])c1)C(O)c1ccccc1. The average molecular weight is 301 g/mol. The molecule has 116 valence electrons. The number of nitrogens with one attached hydrogen (secondary N) is 1. The first-order valence-corrected chi connectivity index (χ1v) is 7.05. The number of nitro groups is 1. The van der Waals surface area contributed by atoms with E-state index in [1.165, 1.54) is 12.1 Å². The van der Waals surface area contributed by atoms with E-state index in [2.05, 4.69) is 5.32 Å². The minimum Gasteiger partial charge on any atom is -0.387 e. The van der Waals surface area contributed by atoms with Crippen molar-refractivity contribution in [3.63, 3.8) is 0 Å². The van der Waals surface area contributed by atoms with Gasteiger partial charge >= 0.3 is 0 Å². The first-order valence-electron chi connectivity index (χ1n) is 7.05. The van der Waals surface area contributed by atoms with Crippen LogP contribution in [0.3, 0.4) is 0 Å². The summed E-state index contributed by atoms with van der Waals surface area (Å²) in [6.07, 6.45) is -0.188. The topological polar surface area (TPSA) is 101 Å². The number of rotatable bonds is 7. The number of hydrogen-bond donors (Lipinski definition) is 3. The molecule has 2 unspecified atom stereocenters. The number of aliphatic hydroxyl groups excluding tert-OH is 1. The highest BCUT2D eigenvalue weighted by molar-refractivity contribution is 5.50. The summed E-state index contributed by atoms with van der Waals surface area (Å²) in [7, 11) is 0. The molecule has 0 fully saturated rings. The molecular weight excluding hydrogens is 282 g/mol. The van der Waals surface area contributed by atoms with Crippen LogP contribution in [-0.4, -0.2) is 22.6 Å². The summed E-state index contributed by atoms with van der Waals surface area (Å²) in [5.74, 6) is 0. The second kappa shape index (κ2) is 7.53. The van der Waals surface area contributed by atoms with Crippen molar-refractivity contribution in [2.45, 2.75) is 18.6 Å². The Morgan fingerprint density at radius 2 is 1.91 bits per heavy atom. The normalized spacial score (nSPS) is 13.4. The van der Waals surface area contributed by atoms with Crippen LogP contribution in [-0.2, 0) is 0 Å². The predicted octanol–water partition coefficient (Wildman–Crippen LogP) is 2.46. The fourth-order valence-electron chi connectivity index (χ4n) is 2.17. The molecular formula is C16H19N3O3. The van der Waals surface area contributed by atoms with Crippen LogP contribution in [0.2, 0.25) is 0 Å². The lowest BCUT2D eigenvalue weighted by atomic mass is 10.0. The van der Waals surface area contributed by atoms with Gasteiger partial charge in [0.05, 0.1) is 11.0 Å². The molecule has 2 aromatic rings. The van der Waals surface area contributed by atoms with E-state index in [4.69, 9.17) is 5.73 Å². The van der Waals surface area contributed by atoms with E-state index in [1.807, 2.05) is 30.3 Å². The number of nitrogens with zero attached hydrogens (tertiary/aromatic N) is 1. The number of hydrogen-bond acceptors (Lipinski definition) is 5. The molecule has 0 aromatic heterocycles. The monoisotopic (exact) mass is 301 g/mol. The van der Waals surface area contributed by atoms with Crippen LogP contribution >= 0.6 is 0 Å². The Kier molecular flexibility index (Phi) is 5.46. The third-order valence-electron chi connectivity index (χ3n) is 3.41. The second-order valence-corrected chi connectivity index (χ2v) is 5.04. The number of non-ortho nitro benzene ring substituents is 1. The van der Waals surface area contributed by atoms with E-state index in [-0.39, 0.29) is 5.69 Å². The molecule has 22 heavy (non-hydrogen) atoms. The molecule has 0 aliphatic rings. The molecule has 2 atom stereocenters. The maximum Gasteiger partial charge on any atom is 0.271 e. The van der Waals surface area contributed by atoms with Crippen molar-refractivity contribution in [2.24, 2.45) is 5.73 Å². The third-order valence-corrected chi connectivity index (χ3v) is 3.41. The van der Waals surface area contributed by atoms with Crippen molar-refractivity contribution in [3.05, 3.63) is 70.3 Å². The highest BCUT2D eigenvalue weighted by Gasteiger charge is 2.16. The van der Waals surface area contributed by atoms with Crippen molar-refractivity contribution < 1.29 is 10.0 Å². The smallest absolute Gasteiger partial charge is 0.271 e. The fraction of sp³-hybridized carbons (Fsp3) is 0.250. The lowest BCUT2D eigenvalue weighted by Crippen LogP contribution is -2.30. The third kappa shape index (κ3) is 4.28. The molecule has 6 nitrogen and oxygen atoms in total. The van der Waals surface area contributed by atoms with E-state index in [1.54, 1.807) is 12.1 Å². The van der Waals surface area contributed by atoms with Crippen LogP contribution in [0.5, 0.6) is 0 Å². The molecule has 0 bridgehead atoms. The summed E-state index contributed by atoms with van der Waals surface area (Å²) in [4.78, 5) is 10.3. The number of anilines is 1. The van der Waals surface area contributed by atoms with Crippen molar-refractivity contribution >= 4 is 11.4 Å². The maximum atomic E-state index is 10.7. The van der Waals surface area contributed by atoms with Crippen LogP contribution in [0.1, 0.15) is 18.1 Å². The van der Waals surface area contributed by atoms with Gasteiger partial charge in [-0.3, -0.25) is 10.1 Å². The highest BCUT2D eigenvalue weighted by Crippen LogP contribution is 2.19. The molecule has 0 saturated heterocycles. The van der Waals surface area contributed by atoms with Crippen LogP contribution in [0, 0.1) is 10.1 Å².